The number of alkyl halides is 1. The molecule has 0 unspecified atom stereocenters. The lowest BCUT2D eigenvalue weighted by atomic mass is 9.73. The fourth-order valence-corrected chi connectivity index (χ4v) is 5.86. The summed E-state index contributed by atoms with van der Waals surface area (Å²) in [6.45, 7) is 2.03. The maximum absolute atomic E-state index is 12.1. The molecule has 2 aliphatic carbocycles. The third kappa shape index (κ3) is 7.13. The first-order chi connectivity index (χ1) is 14.7. The third-order valence-corrected chi connectivity index (χ3v) is 7.91. The summed E-state index contributed by atoms with van der Waals surface area (Å²) >= 11 is 0. The zero-order chi connectivity index (χ0) is 21.2. The fraction of sp³-hybridized carbons (Fsp3) is 0.714. The van der Waals surface area contributed by atoms with E-state index in [1.165, 1.54) is 81.8 Å². The van der Waals surface area contributed by atoms with Gasteiger partial charge in [0, 0.05) is 0 Å². The van der Waals surface area contributed by atoms with Gasteiger partial charge in [0.25, 0.3) is 0 Å². The summed E-state index contributed by atoms with van der Waals surface area (Å²) in [5.41, 5.74) is 2.94. The van der Waals surface area contributed by atoms with Gasteiger partial charge < -0.3 is 4.74 Å². The van der Waals surface area contributed by atoms with Crippen LogP contribution in [-0.2, 0) is 0 Å². The van der Waals surface area contributed by atoms with E-state index in [-0.39, 0.29) is 6.67 Å². The van der Waals surface area contributed by atoms with Crippen molar-refractivity contribution in [3.8, 4) is 5.75 Å². The van der Waals surface area contributed by atoms with Crippen LogP contribution in [0.25, 0.3) is 0 Å². The molecule has 0 radical (unpaired) electrons. The summed E-state index contributed by atoms with van der Waals surface area (Å²) in [7, 11) is 1.77. The van der Waals surface area contributed by atoms with Crippen LogP contribution in [0.1, 0.15) is 101 Å². The fourth-order valence-electron chi connectivity index (χ4n) is 5.86. The Bertz CT molecular complexity index is 636. The minimum atomic E-state index is -0.218. The molecular formula is C28H43FO. The van der Waals surface area contributed by atoms with E-state index in [1.807, 2.05) is 6.08 Å². The highest BCUT2D eigenvalue weighted by atomic mass is 19.1. The summed E-state index contributed by atoms with van der Waals surface area (Å²) in [4.78, 5) is 0. The Morgan fingerprint density at radius 1 is 0.833 bits per heavy atom. The molecule has 0 heterocycles. The zero-order valence-electron chi connectivity index (χ0n) is 19.4. The van der Waals surface area contributed by atoms with Crippen LogP contribution < -0.4 is 4.74 Å². The van der Waals surface area contributed by atoms with Gasteiger partial charge in [0.15, 0.2) is 0 Å². The van der Waals surface area contributed by atoms with Crippen LogP contribution in [0.4, 0.5) is 4.39 Å². The smallest absolute Gasteiger partial charge is 0.119 e. The summed E-state index contributed by atoms with van der Waals surface area (Å²) in [5.74, 6) is 4.57. The van der Waals surface area contributed by atoms with Crippen LogP contribution in [0.5, 0.6) is 5.75 Å². The van der Waals surface area contributed by atoms with Crippen molar-refractivity contribution < 1.29 is 9.13 Å². The second kappa shape index (κ2) is 12.5. The van der Waals surface area contributed by atoms with E-state index in [0.29, 0.717) is 6.42 Å². The third-order valence-electron chi connectivity index (χ3n) is 7.91. The van der Waals surface area contributed by atoms with Crippen LogP contribution in [0.15, 0.2) is 30.4 Å². The molecular weight excluding hydrogens is 371 g/mol. The van der Waals surface area contributed by atoms with Gasteiger partial charge in [-0.15, -0.1) is 0 Å². The summed E-state index contributed by atoms with van der Waals surface area (Å²) < 4.78 is 17.6. The number of rotatable bonds is 10. The lowest BCUT2D eigenvalue weighted by molar-refractivity contribution is 0.225. The van der Waals surface area contributed by atoms with Gasteiger partial charge in [0.1, 0.15) is 5.75 Å². The predicted octanol–water partition coefficient (Wildman–Crippen LogP) is 8.56. The molecule has 3 rings (SSSR count). The number of halogens is 1. The Balaban J connectivity index is 1.32. The number of allylic oxidation sites excluding steroid dienone is 2. The van der Waals surface area contributed by atoms with E-state index in [0.717, 1.165) is 35.8 Å². The van der Waals surface area contributed by atoms with Gasteiger partial charge in [-0.05, 0) is 98.8 Å². The Kier molecular flexibility index (Phi) is 9.75. The van der Waals surface area contributed by atoms with E-state index < -0.39 is 0 Å². The van der Waals surface area contributed by atoms with Crippen molar-refractivity contribution in [3.05, 3.63) is 41.5 Å². The van der Waals surface area contributed by atoms with E-state index >= 15 is 0 Å². The monoisotopic (exact) mass is 414 g/mol. The molecule has 2 aliphatic rings. The number of hydrogen-bond donors (Lipinski definition) is 0. The number of benzene rings is 1. The van der Waals surface area contributed by atoms with Gasteiger partial charge in [0.2, 0.25) is 0 Å². The Hall–Kier alpha value is -1.31. The molecule has 0 aromatic heterocycles. The average Bonchev–Trinajstić information content (AvgIpc) is 2.79. The van der Waals surface area contributed by atoms with E-state index in [1.54, 1.807) is 7.11 Å². The molecule has 0 atom stereocenters. The lowest BCUT2D eigenvalue weighted by Gasteiger charge is -2.32. The molecule has 1 aromatic carbocycles. The largest absolute Gasteiger partial charge is 0.497 e. The number of aryl methyl sites for hydroxylation is 1. The molecule has 1 nitrogen and oxygen atoms in total. The van der Waals surface area contributed by atoms with Crippen LogP contribution in [0.3, 0.4) is 0 Å². The van der Waals surface area contributed by atoms with Crippen molar-refractivity contribution >= 4 is 0 Å². The second-order valence-corrected chi connectivity index (χ2v) is 9.93. The topological polar surface area (TPSA) is 9.23 Å². The molecule has 0 bridgehead atoms. The first kappa shape index (κ1) is 23.4. The molecule has 168 valence electrons. The van der Waals surface area contributed by atoms with Crippen molar-refractivity contribution in [1.29, 1.82) is 0 Å². The van der Waals surface area contributed by atoms with Crippen molar-refractivity contribution in [2.45, 2.75) is 96.3 Å². The standard InChI is InChI=1S/C28H43FO/c1-22-8-19-27(30-2)21-28(22)26-17-15-25(16-18-26)14-13-24-11-9-23(10-12-24)7-5-3-4-6-20-29/h3-4,8,19,21,23-26H,5-7,9-18,20H2,1-2H3. The van der Waals surface area contributed by atoms with Crippen molar-refractivity contribution in [2.24, 2.45) is 17.8 Å². The Morgan fingerprint density at radius 2 is 1.40 bits per heavy atom. The number of ether oxygens (including phenoxy) is 1. The molecule has 2 saturated carbocycles. The van der Waals surface area contributed by atoms with Crippen LogP contribution in [0.2, 0.25) is 0 Å². The summed E-state index contributed by atoms with van der Waals surface area (Å²) in [6.07, 6.45) is 21.4. The first-order valence-electron chi connectivity index (χ1n) is 12.5. The molecule has 0 amide bonds. The SMILES string of the molecule is COc1ccc(C)c(C2CCC(CCC3CCC(CCC=CCCF)CC3)CC2)c1. The van der Waals surface area contributed by atoms with Gasteiger partial charge >= 0.3 is 0 Å². The maximum Gasteiger partial charge on any atom is 0.119 e. The molecule has 2 fully saturated rings. The van der Waals surface area contributed by atoms with E-state index in [4.69, 9.17) is 4.74 Å². The summed E-state index contributed by atoms with van der Waals surface area (Å²) in [5, 5.41) is 0. The van der Waals surface area contributed by atoms with Crippen LogP contribution in [0, 0.1) is 24.7 Å². The number of methoxy groups -OCH3 is 1. The Labute approximate surface area is 184 Å². The highest BCUT2D eigenvalue weighted by Gasteiger charge is 2.26. The molecule has 2 heteroatoms. The molecule has 0 aliphatic heterocycles. The lowest BCUT2D eigenvalue weighted by Crippen LogP contribution is -2.18. The molecule has 0 saturated heterocycles. The van der Waals surface area contributed by atoms with E-state index in [2.05, 4.69) is 31.2 Å². The Morgan fingerprint density at radius 3 is 2.00 bits per heavy atom. The minimum absolute atomic E-state index is 0.218. The van der Waals surface area contributed by atoms with Crippen LogP contribution in [-0.4, -0.2) is 13.8 Å². The maximum atomic E-state index is 12.1. The average molecular weight is 415 g/mol. The van der Waals surface area contributed by atoms with Crippen molar-refractivity contribution in [3.63, 3.8) is 0 Å². The molecule has 0 N–H and O–H groups in total. The second-order valence-electron chi connectivity index (χ2n) is 9.93. The summed E-state index contributed by atoms with van der Waals surface area (Å²) in [6, 6.07) is 6.58. The molecule has 30 heavy (non-hydrogen) atoms. The van der Waals surface area contributed by atoms with E-state index in [9.17, 15) is 4.39 Å². The highest BCUT2D eigenvalue weighted by Crippen LogP contribution is 2.41. The van der Waals surface area contributed by atoms with Gasteiger partial charge in [-0.1, -0.05) is 56.7 Å². The zero-order valence-corrected chi connectivity index (χ0v) is 19.4. The molecule has 0 spiro atoms. The van der Waals surface area contributed by atoms with Crippen LogP contribution >= 0.6 is 0 Å². The van der Waals surface area contributed by atoms with Crippen molar-refractivity contribution in [1.82, 2.24) is 0 Å². The quantitative estimate of drug-likeness (QED) is 0.348. The predicted molar refractivity (Wildman–Crippen MR) is 126 cm³/mol. The molecule has 1 aromatic rings. The first-order valence-corrected chi connectivity index (χ1v) is 12.5. The van der Waals surface area contributed by atoms with Crippen molar-refractivity contribution in [2.75, 3.05) is 13.8 Å². The highest BCUT2D eigenvalue weighted by molar-refractivity contribution is 5.37. The van der Waals surface area contributed by atoms with Gasteiger partial charge in [0.05, 0.1) is 13.8 Å². The minimum Gasteiger partial charge on any atom is -0.497 e. The van der Waals surface area contributed by atoms with Gasteiger partial charge in [-0.25, -0.2) is 0 Å². The van der Waals surface area contributed by atoms with Gasteiger partial charge in [-0.3, -0.25) is 4.39 Å². The van der Waals surface area contributed by atoms with Gasteiger partial charge in [-0.2, -0.15) is 0 Å². The number of hydrogen-bond acceptors (Lipinski definition) is 1. The normalized spacial score (nSPS) is 27.4.